The molecule has 1 aromatic rings. The standard InChI is InChI=1S/C16H22N2O6S/c1-11(19)15(17)16(22)18-12(7-8-14(20)21)9-10-25(23,24)13-5-3-2-4-6-13/h2-6,9-12,15,19H,7-8,17H2,1H3,(H,18,22)(H,20,21)/b10-9+/t11-,12+,15+/m1/s1. The number of aliphatic hydroxyl groups excluding tert-OH is 1. The maximum absolute atomic E-state index is 12.2. The summed E-state index contributed by atoms with van der Waals surface area (Å²) in [6.07, 6.45) is -0.186. The van der Waals surface area contributed by atoms with E-state index in [0.29, 0.717) is 0 Å². The molecule has 1 aromatic carbocycles. The predicted molar refractivity (Wildman–Crippen MR) is 91.2 cm³/mol. The van der Waals surface area contributed by atoms with Crippen molar-refractivity contribution < 1.29 is 28.2 Å². The molecule has 3 atom stereocenters. The molecule has 1 rings (SSSR count). The van der Waals surface area contributed by atoms with E-state index in [0.717, 1.165) is 5.41 Å². The fourth-order valence-corrected chi connectivity index (χ4v) is 2.97. The van der Waals surface area contributed by atoms with Gasteiger partial charge in [0.25, 0.3) is 0 Å². The molecule has 0 fully saturated rings. The Kier molecular flexibility index (Phi) is 7.75. The normalized spacial score (nSPS) is 15.5. The quantitative estimate of drug-likeness (QED) is 0.479. The van der Waals surface area contributed by atoms with Crippen LogP contribution in [0.4, 0.5) is 0 Å². The highest BCUT2D eigenvalue weighted by Gasteiger charge is 2.21. The van der Waals surface area contributed by atoms with Crippen LogP contribution < -0.4 is 11.1 Å². The van der Waals surface area contributed by atoms with E-state index >= 15 is 0 Å². The molecule has 0 saturated heterocycles. The van der Waals surface area contributed by atoms with Gasteiger partial charge in [0, 0.05) is 17.9 Å². The summed E-state index contributed by atoms with van der Waals surface area (Å²) in [6.45, 7) is 1.34. The van der Waals surface area contributed by atoms with Gasteiger partial charge in [0.2, 0.25) is 5.91 Å². The Morgan fingerprint density at radius 3 is 2.40 bits per heavy atom. The second kappa shape index (κ2) is 9.30. The number of nitrogens with one attached hydrogen (secondary N) is 1. The minimum absolute atomic E-state index is 0.0194. The van der Waals surface area contributed by atoms with Crippen LogP contribution in [-0.4, -0.2) is 48.7 Å². The SMILES string of the molecule is C[C@@H](O)[C@H](N)C(=O)N[C@H](/C=C/S(=O)(=O)c1ccccc1)CCC(=O)O. The first-order valence-electron chi connectivity index (χ1n) is 7.57. The van der Waals surface area contributed by atoms with Gasteiger partial charge in [-0.05, 0) is 25.5 Å². The summed E-state index contributed by atoms with van der Waals surface area (Å²) in [4.78, 5) is 22.7. The molecule has 8 nitrogen and oxygen atoms in total. The van der Waals surface area contributed by atoms with Crippen molar-refractivity contribution >= 4 is 21.7 Å². The zero-order valence-corrected chi connectivity index (χ0v) is 14.5. The summed E-state index contributed by atoms with van der Waals surface area (Å²) in [5, 5.41) is 21.5. The number of sulfone groups is 1. The number of aliphatic hydroxyl groups is 1. The van der Waals surface area contributed by atoms with Gasteiger partial charge in [-0.3, -0.25) is 9.59 Å². The fraction of sp³-hybridized carbons (Fsp3) is 0.375. The lowest BCUT2D eigenvalue weighted by molar-refractivity contribution is -0.137. The van der Waals surface area contributed by atoms with Crippen molar-refractivity contribution in [1.29, 1.82) is 0 Å². The highest BCUT2D eigenvalue weighted by atomic mass is 32.2. The van der Waals surface area contributed by atoms with E-state index in [1.807, 2.05) is 0 Å². The van der Waals surface area contributed by atoms with Crippen LogP contribution in [-0.2, 0) is 19.4 Å². The number of hydrogen-bond acceptors (Lipinski definition) is 6. The largest absolute Gasteiger partial charge is 0.481 e. The minimum Gasteiger partial charge on any atom is -0.481 e. The Morgan fingerprint density at radius 2 is 1.88 bits per heavy atom. The van der Waals surface area contributed by atoms with Crippen molar-refractivity contribution in [3.05, 3.63) is 41.8 Å². The van der Waals surface area contributed by atoms with Crippen LogP contribution in [0.5, 0.6) is 0 Å². The third kappa shape index (κ3) is 7.04. The predicted octanol–water partition coefficient (Wildman–Crippen LogP) is 0.0317. The van der Waals surface area contributed by atoms with Crippen LogP contribution in [0.2, 0.25) is 0 Å². The van der Waals surface area contributed by atoms with Gasteiger partial charge in [-0.1, -0.05) is 24.3 Å². The molecule has 0 aliphatic carbocycles. The fourth-order valence-electron chi connectivity index (χ4n) is 1.88. The Bertz CT molecular complexity index is 715. The summed E-state index contributed by atoms with van der Waals surface area (Å²) in [5.41, 5.74) is 5.52. The number of rotatable bonds is 9. The van der Waals surface area contributed by atoms with Crippen molar-refractivity contribution in [3.8, 4) is 0 Å². The van der Waals surface area contributed by atoms with Crippen LogP contribution in [0.1, 0.15) is 19.8 Å². The second-order valence-electron chi connectivity index (χ2n) is 5.50. The average Bonchev–Trinajstić information content (AvgIpc) is 2.57. The lowest BCUT2D eigenvalue weighted by Crippen LogP contribution is -2.50. The zero-order chi connectivity index (χ0) is 19.0. The molecule has 0 aromatic heterocycles. The lowest BCUT2D eigenvalue weighted by Gasteiger charge is -2.19. The lowest BCUT2D eigenvalue weighted by atomic mass is 10.1. The van der Waals surface area contributed by atoms with Crippen molar-refractivity contribution in [3.63, 3.8) is 0 Å². The van der Waals surface area contributed by atoms with E-state index in [1.54, 1.807) is 18.2 Å². The number of hydrogen-bond donors (Lipinski definition) is 4. The smallest absolute Gasteiger partial charge is 0.303 e. The summed E-state index contributed by atoms with van der Waals surface area (Å²) in [7, 11) is -3.73. The third-order valence-electron chi connectivity index (χ3n) is 3.38. The van der Waals surface area contributed by atoms with Gasteiger partial charge in [-0.15, -0.1) is 0 Å². The number of amides is 1. The van der Waals surface area contributed by atoms with Crippen LogP contribution in [0.25, 0.3) is 0 Å². The molecule has 0 bridgehead atoms. The molecule has 0 aliphatic heterocycles. The first-order valence-corrected chi connectivity index (χ1v) is 9.12. The molecule has 0 spiro atoms. The molecular weight excluding hydrogens is 348 g/mol. The monoisotopic (exact) mass is 370 g/mol. The summed E-state index contributed by atoms with van der Waals surface area (Å²) in [5.74, 6) is -1.79. The van der Waals surface area contributed by atoms with Crippen molar-refractivity contribution in [2.75, 3.05) is 0 Å². The number of carbonyl (C=O) groups excluding carboxylic acids is 1. The molecule has 25 heavy (non-hydrogen) atoms. The van der Waals surface area contributed by atoms with Crippen molar-refractivity contribution in [2.24, 2.45) is 5.73 Å². The Hall–Kier alpha value is -2.23. The number of aliphatic carboxylic acids is 1. The first kappa shape index (κ1) is 20.8. The van der Waals surface area contributed by atoms with E-state index in [2.05, 4.69) is 5.32 Å². The van der Waals surface area contributed by atoms with E-state index < -0.39 is 39.9 Å². The Labute approximate surface area is 146 Å². The molecule has 0 heterocycles. The molecule has 0 saturated carbocycles. The van der Waals surface area contributed by atoms with Crippen molar-refractivity contribution in [1.82, 2.24) is 5.32 Å². The highest BCUT2D eigenvalue weighted by molar-refractivity contribution is 7.94. The van der Waals surface area contributed by atoms with Gasteiger partial charge in [-0.2, -0.15) is 0 Å². The number of carboxylic acid groups (broad SMARTS) is 1. The van der Waals surface area contributed by atoms with Crippen molar-refractivity contribution in [2.45, 2.75) is 42.8 Å². The van der Waals surface area contributed by atoms with Gasteiger partial charge < -0.3 is 21.3 Å². The zero-order valence-electron chi connectivity index (χ0n) is 13.7. The molecule has 138 valence electrons. The molecule has 0 radical (unpaired) electrons. The maximum atomic E-state index is 12.2. The molecule has 0 aliphatic rings. The Morgan fingerprint density at radius 1 is 1.28 bits per heavy atom. The van der Waals surface area contributed by atoms with Gasteiger partial charge in [0.1, 0.15) is 6.04 Å². The van der Waals surface area contributed by atoms with E-state index in [9.17, 15) is 23.1 Å². The van der Waals surface area contributed by atoms with Crippen LogP contribution in [0, 0.1) is 0 Å². The first-order chi connectivity index (χ1) is 11.6. The average molecular weight is 370 g/mol. The topological polar surface area (TPSA) is 147 Å². The van der Waals surface area contributed by atoms with E-state index in [1.165, 1.54) is 25.1 Å². The highest BCUT2D eigenvalue weighted by Crippen LogP contribution is 2.12. The maximum Gasteiger partial charge on any atom is 0.303 e. The number of carboxylic acids is 1. The molecule has 5 N–H and O–H groups in total. The minimum atomic E-state index is -3.73. The number of benzene rings is 1. The number of nitrogens with two attached hydrogens (primary N) is 1. The van der Waals surface area contributed by atoms with Crippen LogP contribution in [0.15, 0.2) is 46.7 Å². The van der Waals surface area contributed by atoms with Gasteiger partial charge in [0.05, 0.1) is 11.0 Å². The summed E-state index contributed by atoms with van der Waals surface area (Å²) < 4.78 is 24.4. The van der Waals surface area contributed by atoms with Gasteiger partial charge in [0.15, 0.2) is 9.84 Å². The second-order valence-corrected chi connectivity index (χ2v) is 7.33. The number of carbonyl (C=O) groups is 2. The van der Waals surface area contributed by atoms with Crippen LogP contribution in [0.3, 0.4) is 0 Å². The Balaban J connectivity index is 2.92. The summed E-state index contributed by atoms with van der Waals surface area (Å²) >= 11 is 0. The van der Waals surface area contributed by atoms with E-state index in [4.69, 9.17) is 10.8 Å². The van der Waals surface area contributed by atoms with Crippen LogP contribution >= 0.6 is 0 Å². The summed E-state index contributed by atoms with van der Waals surface area (Å²) in [6, 6.07) is 5.62. The molecule has 9 heteroatoms. The van der Waals surface area contributed by atoms with E-state index in [-0.39, 0.29) is 17.7 Å². The van der Waals surface area contributed by atoms with Gasteiger partial charge in [-0.25, -0.2) is 8.42 Å². The molecule has 0 unspecified atom stereocenters. The molecular formula is C16H22N2O6S. The third-order valence-corrected chi connectivity index (χ3v) is 4.83. The molecule has 1 amide bonds. The van der Waals surface area contributed by atoms with Gasteiger partial charge >= 0.3 is 5.97 Å².